The summed E-state index contributed by atoms with van der Waals surface area (Å²) in [5, 5.41) is 0.253. The highest BCUT2D eigenvalue weighted by molar-refractivity contribution is 9.10. The maximum Gasteiger partial charge on any atom is 0.331 e. The van der Waals surface area contributed by atoms with E-state index >= 15 is 0 Å². The van der Waals surface area contributed by atoms with Crippen molar-refractivity contribution in [3.63, 3.8) is 0 Å². The fourth-order valence-corrected chi connectivity index (χ4v) is 2.28. The lowest BCUT2D eigenvalue weighted by molar-refractivity contribution is -0.144. The molecule has 2 N–H and O–H groups in total. The molecule has 0 radical (unpaired) electrons. The van der Waals surface area contributed by atoms with Crippen LogP contribution in [0.4, 0.5) is 0 Å². The van der Waals surface area contributed by atoms with Gasteiger partial charge in [0.15, 0.2) is 6.61 Å². The Bertz CT molecular complexity index is 837. The second-order valence-electron chi connectivity index (χ2n) is 4.97. The minimum absolute atomic E-state index is 0.212. The lowest BCUT2D eigenvalue weighted by Gasteiger charge is -2.08. The molecule has 2 amide bonds. The van der Waals surface area contributed by atoms with Gasteiger partial charge in [-0.15, -0.1) is 0 Å². The summed E-state index contributed by atoms with van der Waals surface area (Å²) in [6, 6.07) is 13.7. The predicted octanol–water partition coefficient (Wildman–Crippen LogP) is 3.12. The highest BCUT2D eigenvalue weighted by atomic mass is 79.9. The smallest absolute Gasteiger partial charge is 0.331 e. The van der Waals surface area contributed by atoms with Gasteiger partial charge < -0.3 is 4.74 Å². The number of ether oxygens (including phenoxy) is 1. The number of hydrogen-bond acceptors (Lipinski definition) is 4. The standard InChI is InChI=1S/C18H14BrClN2O4/c19-13-8-5-12(6-9-13)7-10-17(24)26-11-16(23)21-22-18(25)14-3-1-2-4-15(14)20/h1-10H,11H2,(H,21,23)(H,22,25)/b10-7+. The minimum atomic E-state index is -0.684. The van der Waals surface area contributed by atoms with Gasteiger partial charge in [-0.25, -0.2) is 4.79 Å². The molecule has 2 aromatic carbocycles. The van der Waals surface area contributed by atoms with Gasteiger partial charge in [-0.1, -0.05) is 51.8 Å². The van der Waals surface area contributed by atoms with Gasteiger partial charge in [0.25, 0.3) is 11.8 Å². The number of amides is 2. The summed E-state index contributed by atoms with van der Waals surface area (Å²) in [5.41, 5.74) is 5.35. The average molecular weight is 438 g/mol. The molecule has 6 nitrogen and oxygen atoms in total. The van der Waals surface area contributed by atoms with E-state index in [1.807, 2.05) is 24.3 Å². The van der Waals surface area contributed by atoms with Crippen LogP contribution in [0.1, 0.15) is 15.9 Å². The van der Waals surface area contributed by atoms with Crippen LogP contribution in [-0.2, 0) is 14.3 Å². The van der Waals surface area contributed by atoms with Crippen LogP contribution in [0.3, 0.4) is 0 Å². The van der Waals surface area contributed by atoms with Crippen LogP contribution >= 0.6 is 27.5 Å². The van der Waals surface area contributed by atoms with Crippen molar-refractivity contribution in [3.05, 3.63) is 75.2 Å². The van der Waals surface area contributed by atoms with Crippen molar-refractivity contribution in [3.8, 4) is 0 Å². The van der Waals surface area contributed by atoms with Gasteiger partial charge in [-0.3, -0.25) is 20.4 Å². The van der Waals surface area contributed by atoms with E-state index in [9.17, 15) is 14.4 Å². The molecule has 0 aliphatic heterocycles. The number of nitrogens with one attached hydrogen (secondary N) is 2. The number of carbonyl (C=O) groups excluding carboxylic acids is 3. The van der Waals surface area contributed by atoms with E-state index in [-0.39, 0.29) is 10.6 Å². The first-order chi connectivity index (χ1) is 12.5. The van der Waals surface area contributed by atoms with Crippen LogP contribution in [0.5, 0.6) is 0 Å². The van der Waals surface area contributed by atoms with Gasteiger partial charge in [0, 0.05) is 10.5 Å². The first-order valence-electron chi connectivity index (χ1n) is 7.40. The summed E-state index contributed by atoms with van der Waals surface area (Å²) in [6.45, 7) is -0.535. The first-order valence-corrected chi connectivity index (χ1v) is 8.57. The zero-order valence-corrected chi connectivity index (χ0v) is 15.7. The highest BCUT2D eigenvalue weighted by Gasteiger charge is 2.11. The lowest BCUT2D eigenvalue weighted by atomic mass is 10.2. The normalized spacial score (nSPS) is 10.4. The molecule has 0 bridgehead atoms. The molecule has 0 saturated carbocycles. The van der Waals surface area contributed by atoms with E-state index in [0.29, 0.717) is 0 Å². The fourth-order valence-electron chi connectivity index (χ4n) is 1.80. The molecule has 0 fully saturated rings. The van der Waals surface area contributed by atoms with Gasteiger partial charge in [0.05, 0.1) is 10.6 Å². The Hall–Kier alpha value is -2.64. The molecular formula is C18H14BrClN2O4. The Morgan fingerprint density at radius 3 is 2.42 bits per heavy atom. The van der Waals surface area contributed by atoms with Gasteiger partial charge >= 0.3 is 5.97 Å². The third-order valence-electron chi connectivity index (χ3n) is 3.06. The van der Waals surface area contributed by atoms with Gasteiger partial charge in [-0.05, 0) is 35.9 Å². The summed E-state index contributed by atoms with van der Waals surface area (Å²) in [7, 11) is 0. The molecule has 0 unspecified atom stereocenters. The van der Waals surface area contributed by atoms with Crippen molar-refractivity contribution in [2.45, 2.75) is 0 Å². The Balaban J connectivity index is 1.74. The molecule has 134 valence electrons. The van der Waals surface area contributed by atoms with Crippen LogP contribution < -0.4 is 10.9 Å². The second-order valence-corrected chi connectivity index (χ2v) is 6.30. The average Bonchev–Trinajstić information content (AvgIpc) is 2.64. The van der Waals surface area contributed by atoms with E-state index in [1.54, 1.807) is 24.3 Å². The molecule has 0 aromatic heterocycles. The predicted molar refractivity (Wildman–Crippen MR) is 101 cm³/mol. The van der Waals surface area contributed by atoms with E-state index < -0.39 is 24.4 Å². The number of benzene rings is 2. The van der Waals surface area contributed by atoms with Crippen molar-refractivity contribution in [1.29, 1.82) is 0 Å². The largest absolute Gasteiger partial charge is 0.452 e. The maximum absolute atomic E-state index is 11.9. The van der Waals surface area contributed by atoms with Crippen LogP contribution in [0, 0.1) is 0 Å². The van der Waals surface area contributed by atoms with E-state index in [4.69, 9.17) is 16.3 Å². The molecule has 0 heterocycles. The van der Waals surface area contributed by atoms with Crippen molar-refractivity contribution < 1.29 is 19.1 Å². The summed E-state index contributed by atoms with van der Waals surface area (Å²) >= 11 is 9.19. The Morgan fingerprint density at radius 1 is 1.04 bits per heavy atom. The second kappa shape index (κ2) is 9.74. The minimum Gasteiger partial charge on any atom is -0.452 e. The number of halogens is 2. The Morgan fingerprint density at radius 2 is 1.73 bits per heavy atom. The molecule has 26 heavy (non-hydrogen) atoms. The third-order valence-corrected chi connectivity index (χ3v) is 3.92. The Kier molecular flexibility index (Phi) is 7.37. The van der Waals surface area contributed by atoms with Crippen LogP contribution in [-0.4, -0.2) is 24.4 Å². The van der Waals surface area contributed by atoms with Crippen LogP contribution in [0.25, 0.3) is 6.08 Å². The molecule has 0 spiro atoms. The molecule has 0 atom stereocenters. The molecule has 2 aromatic rings. The van der Waals surface area contributed by atoms with Gasteiger partial charge in [-0.2, -0.15) is 0 Å². The van der Waals surface area contributed by atoms with Gasteiger partial charge in [0.2, 0.25) is 0 Å². The van der Waals surface area contributed by atoms with Crippen LogP contribution in [0.2, 0.25) is 5.02 Å². The molecule has 0 saturated heterocycles. The summed E-state index contributed by atoms with van der Waals surface area (Å²) in [5.74, 6) is -1.94. The number of hydrogen-bond donors (Lipinski definition) is 2. The van der Waals surface area contributed by atoms with Crippen molar-refractivity contribution in [2.24, 2.45) is 0 Å². The molecule has 0 aliphatic carbocycles. The first kappa shape index (κ1) is 19.7. The zero-order valence-electron chi connectivity index (χ0n) is 13.4. The number of rotatable bonds is 5. The quantitative estimate of drug-likeness (QED) is 0.428. The number of carbonyl (C=O) groups is 3. The van der Waals surface area contributed by atoms with Gasteiger partial charge in [0.1, 0.15) is 0 Å². The monoisotopic (exact) mass is 436 g/mol. The Labute approximate surface area is 163 Å². The molecule has 0 aliphatic rings. The topological polar surface area (TPSA) is 84.5 Å². The zero-order chi connectivity index (χ0) is 18.9. The molecule has 2 rings (SSSR count). The van der Waals surface area contributed by atoms with Crippen LogP contribution in [0.15, 0.2) is 59.1 Å². The van der Waals surface area contributed by atoms with Crippen molar-refractivity contribution >= 4 is 51.4 Å². The van der Waals surface area contributed by atoms with E-state index in [0.717, 1.165) is 10.0 Å². The highest BCUT2D eigenvalue weighted by Crippen LogP contribution is 2.14. The number of esters is 1. The lowest BCUT2D eigenvalue weighted by Crippen LogP contribution is -2.43. The van der Waals surface area contributed by atoms with E-state index in [1.165, 1.54) is 12.1 Å². The molecular weight excluding hydrogens is 424 g/mol. The third kappa shape index (κ3) is 6.34. The SMILES string of the molecule is O=C(COC(=O)/C=C/c1ccc(Br)cc1)NNC(=O)c1ccccc1Cl. The maximum atomic E-state index is 11.9. The number of hydrazine groups is 1. The molecule has 8 heteroatoms. The van der Waals surface area contributed by atoms with Crippen molar-refractivity contribution in [1.82, 2.24) is 10.9 Å². The summed E-state index contributed by atoms with van der Waals surface area (Å²) < 4.78 is 5.71. The summed E-state index contributed by atoms with van der Waals surface area (Å²) in [4.78, 5) is 35.1. The summed E-state index contributed by atoms with van der Waals surface area (Å²) in [6.07, 6.45) is 2.77. The van der Waals surface area contributed by atoms with Crippen molar-refractivity contribution in [2.75, 3.05) is 6.61 Å². The fraction of sp³-hybridized carbons (Fsp3) is 0.0556. The van der Waals surface area contributed by atoms with E-state index in [2.05, 4.69) is 26.8 Å².